The van der Waals surface area contributed by atoms with Crippen LogP contribution in [0.3, 0.4) is 0 Å². The van der Waals surface area contributed by atoms with E-state index in [1.54, 1.807) is 0 Å². The van der Waals surface area contributed by atoms with Crippen LogP contribution in [0.15, 0.2) is 28.7 Å². The maximum atomic E-state index is 5.21. The highest BCUT2D eigenvalue weighted by Gasteiger charge is 2.10. The molecule has 0 aliphatic rings. The van der Waals surface area contributed by atoms with Crippen molar-refractivity contribution in [3.63, 3.8) is 0 Å². The van der Waals surface area contributed by atoms with Crippen LogP contribution in [-0.4, -0.2) is 17.7 Å². The third-order valence-corrected chi connectivity index (χ3v) is 3.89. The second kappa shape index (κ2) is 5.39. The highest BCUT2D eigenvalue weighted by atomic mass is 79.9. The van der Waals surface area contributed by atoms with E-state index in [1.807, 2.05) is 0 Å². The van der Waals surface area contributed by atoms with Crippen molar-refractivity contribution < 1.29 is 0 Å². The van der Waals surface area contributed by atoms with Crippen LogP contribution in [0.2, 0.25) is 0 Å². The Balaban J connectivity index is 2.27. The molecule has 0 bridgehead atoms. The first-order valence-electron chi connectivity index (χ1n) is 5.63. The summed E-state index contributed by atoms with van der Waals surface area (Å²) in [7, 11) is 0. The van der Waals surface area contributed by atoms with Gasteiger partial charge in [0, 0.05) is 34.2 Å². The van der Waals surface area contributed by atoms with Gasteiger partial charge in [0.1, 0.15) is 0 Å². The zero-order chi connectivity index (χ0) is 12.3. The third-order valence-electron chi connectivity index (χ3n) is 2.89. The van der Waals surface area contributed by atoms with Crippen LogP contribution >= 0.6 is 15.9 Å². The van der Waals surface area contributed by atoms with E-state index in [1.165, 1.54) is 21.1 Å². The smallest absolute Gasteiger partial charge is 0.0574 e. The van der Waals surface area contributed by atoms with Crippen molar-refractivity contribution >= 4 is 26.8 Å². The molecule has 1 N–H and O–H groups in total. The molecule has 0 saturated heterocycles. The second-order valence-corrected chi connectivity index (χ2v) is 4.74. The van der Waals surface area contributed by atoms with Crippen molar-refractivity contribution in [3.05, 3.63) is 34.4 Å². The fourth-order valence-corrected chi connectivity index (χ4v) is 2.58. The molecule has 0 unspecified atom stereocenters. The third kappa shape index (κ3) is 2.38. The normalized spacial score (nSPS) is 10.6. The molecule has 2 nitrogen and oxygen atoms in total. The highest BCUT2D eigenvalue weighted by Crippen LogP contribution is 2.30. The van der Waals surface area contributed by atoms with Gasteiger partial charge in [-0.15, -0.1) is 6.42 Å². The number of para-hydroxylation sites is 1. The van der Waals surface area contributed by atoms with E-state index < -0.39 is 0 Å². The van der Waals surface area contributed by atoms with Crippen molar-refractivity contribution in [2.45, 2.75) is 13.5 Å². The Kier molecular flexibility index (Phi) is 3.88. The zero-order valence-corrected chi connectivity index (χ0v) is 11.4. The number of terminal acetylenes is 1. The fourth-order valence-electron chi connectivity index (χ4n) is 2.03. The van der Waals surface area contributed by atoms with Crippen LogP contribution in [0.4, 0.5) is 0 Å². The van der Waals surface area contributed by atoms with Crippen molar-refractivity contribution in [3.8, 4) is 12.3 Å². The van der Waals surface area contributed by atoms with E-state index in [0.29, 0.717) is 6.54 Å². The first-order valence-corrected chi connectivity index (χ1v) is 6.42. The van der Waals surface area contributed by atoms with Gasteiger partial charge >= 0.3 is 0 Å². The van der Waals surface area contributed by atoms with Gasteiger partial charge in [0.05, 0.1) is 6.54 Å². The molecule has 1 heterocycles. The van der Waals surface area contributed by atoms with Gasteiger partial charge in [0.15, 0.2) is 0 Å². The Morgan fingerprint density at radius 3 is 2.94 bits per heavy atom. The number of nitrogens with one attached hydrogen (secondary N) is 1. The molecule has 0 spiro atoms. The van der Waals surface area contributed by atoms with Crippen molar-refractivity contribution in [2.75, 3.05) is 13.1 Å². The summed E-state index contributed by atoms with van der Waals surface area (Å²) in [5, 5.41) is 4.48. The Morgan fingerprint density at radius 1 is 1.41 bits per heavy atom. The molecule has 0 fully saturated rings. The van der Waals surface area contributed by atoms with E-state index in [0.717, 1.165) is 13.1 Å². The van der Waals surface area contributed by atoms with Crippen molar-refractivity contribution in [1.29, 1.82) is 0 Å². The monoisotopic (exact) mass is 290 g/mol. The van der Waals surface area contributed by atoms with Gasteiger partial charge in [-0.1, -0.05) is 24.1 Å². The zero-order valence-electron chi connectivity index (χ0n) is 9.83. The summed E-state index contributed by atoms with van der Waals surface area (Å²) >= 11 is 3.65. The van der Waals surface area contributed by atoms with Crippen molar-refractivity contribution in [2.24, 2.45) is 0 Å². The predicted octanol–water partition coefficient (Wildman–Crippen LogP) is 2.94. The second-order valence-electron chi connectivity index (χ2n) is 3.95. The number of nitrogens with zero attached hydrogens (tertiary/aromatic N) is 1. The number of benzene rings is 1. The fraction of sp³-hybridized carbons (Fsp3) is 0.286. The van der Waals surface area contributed by atoms with Gasteiger partial charge in [-0.05, 0) is 28.9 Å². The Hall–Kier alpha value is -1.24. The standard InChI is InChI=1S/C14H15BrN2/c1-3-8-16-9-10-17-11(2)14(15)12-6-4-5-7-13(12)17/h1,4-7,16H,8-10H2,2H3. The van der Waals surface area contributed by atoms with E-state index in [-0.39, 0.29) is 0 Å². The summed E-state index contributed by atoms with van der Waals surface area (Å²) in [6, 6.07) is 8.42. The molecule has 0 amide bonds. The highest BCUT2D eigenvalue weighted by molar-refractivity contribution is 9.10. The van der Waals surface area contributed by atoms with Gasteiger partial charge in [-0.3, -0.25) is 0 Å². The molecule has 2 aromatic rings. The number of halogens is 1. The average Bonchev–Trinajstić information content (AvgIpc) is 2.60. The van der Waals surface area contributed by atoms with Crippen LogP contribution in [0.5, 0.6) is 0 Å². The van der Waals surface area contributed by atoms with E-state index in [2.05, 4.69) is 62.9 Å². The SMILES string of the molecule is C#CCNCCn1c(C)c(Br)c2ccccc21. The number of hydrogen-bond donors (Lipinski definition) is 1. The van der Waals surface area contributed by atoms with Gasteiger partial charge in [-0.2, -0.15) is 0 Å². The Bertz CT molecular complexity index is 563. The first-order chi connectivity index (χ1) is 8.25. The van der Waals surface area contributed by atoms with Gasteiger partial charge in [0.25, 0.3) is 0 Å². The minimum Gasteiger partial charge on any atom is -0.342 e. The topological polar surface area (TPSA) is 17.0 Å². The summed E-state index contributed by atoms with van der Waals surface area (Å²) < 4.78 is 3.49. The van der Waals surface area contributed by atoms with Gasteiger partial charge in [-0.25, -0.2) is 0 Å². The lowest BCUT2D eigenvalue weighted by atomic mass is 10.2. The maximum Gasteiger partial charge on any atom is 0.0574 e. The average molecular weight is 291 g/mol. The van der Waals surface area contributed by atoms with Gasteiger partial charge < -0.3 is 9.88 Å². The molecule has 0 aliphatic carbocycles. The molecule has 2 rings (SSSR count). The van der Waals surface area contributed by atoms with E-state index in [4.69, 9.17) is 6.42 Å². The number of aromatic nitrogens is 1. The summed E-state index contributed by atoms with van der Waals surface area (Å²) in [6.45, 7) is 4.57. The molecule has 0 saturated carbocycles. The number of fused-ring (bicyclic) bond motifs is 1. The summed E-state index contributed by atoms with van der Waals surface area (Å²) in [6.07, 6.45) is 5.21. The Labute approximate surface area is 110 Å². The van der Waals surface area contributed by atoms with Crippen LogP contribution < -0.4 is 5.32 Å². The lowest BCUT2D eigenvalue weighted by Gasteiger charge is -2.08. The van der Waals surface area contributed by atoms with Crippen LogP contribution in [0.25, 0.3) is 10.9 Å². The molecule has 3 heteroatoms. The van der Waals surface area contributed by atoms with Crippen molar-refractivity contribution in [1.82, 2.24) is 9.88 Å². The van der Waals surface area contributed by atoms with Gasteiger partial charge in [0.2, 0.25) is 0 Å². The molecule has 0 aliphatic heterocycles. The molecule has 17 heavy (non-hydrogen) atoms. The lowest BCUT2D eigenvalue weighted by Crippen LogP contribution is -2.20. The summed E-state index contributed by atoms with van der Waals surface area (Å²) in [5.41, 5.74) is 2.52. The summed E-state index contributed by atoms with van der Waals surface area (Å²) in [4.78, 5) is 0. The van der Waals surface area contributed by atoms with Crippen LogP contribution in [0.1, 0.15) is 5.69 Å². The molecule has 88 valence electrons. The minimum absolute atomic E-state index is 0.624. The molecular formula is C14H15BrN2. The lowest BCUT2D eigenvalue weighted by molar-refractivity contribution is 0.633. The first kappa shape index (κ1) is 12.2. The molecular weight excluding hydrogens is 276 g/mol. The molecule has 1 aromatic carbocycles. The quantitative estimate of drug-likeness (QED) is 0.677. The number of hydrogen-bond acceptors (Lipinski definition) is 1. The van der Waals surface area contributed by atoms with E-state index in [9.17, 15) is 0 Å². The summed E-state index contributed by atoms with van der Waals surface area (Å²) in [5.74, 6) is 2.58. The maximum absolute atomic E-state index is 5.21. The molecule has 0 radical (unpaired) electrons. The largest absolute Gasteiger partial charge is 0.342 e. The van der Waals surface area contributed by atoms with Crippen LogP contribution in [0, 0.1) is 19.3 Å². The molecule has 0 atom stereocenters. The number of rotatable bonds is 4. The molecule has 1 aromatic heterocycles. The minimum atomic E-state index is 0.624. The van der Waals surface area contributed by atoms with E-state index >= 15 is 0 Å². The van der Waals surface area contributed by atoms with Crippen LogP contribution in [-0.2, 0) is 6.54 Å². The predicted molar refractivity (Wildman–Crippen MR) is 76.1 cm³/mol. The Morgan fingerprint density at radius 2 is 2.18 bits per heavy atom.